The van der Waals surface area contributed by atoms with Gasteiger partial charge in [-0.15, -0.1) is 0 Å². The average molecular weight is 256 g/mol. The smallest absolute Gasteiger partial charge is 0.137 e. The normalized spacial score (nSPS) is 10.4. The van der Waals surface area contributed by atoms with Crippen LogP contribution < -0.4 is 10.6 Å². The molecule has 4 heteroatoms. The van der Waals surface area contributed by atoms with E-state index < -0.39 is 0 Å². The highest BCUT2D eigenvalue weighted by Crippen LogP contribution is 2.21. The molecule has 1 aromatic heterocycles. The Morgan fingerprint density at radius 2 is 1.89 bits per heavy atom. The van der Waals surface area contributed by atoms with Crippen LogP contribution in [-0.2, 0) is 12.8 Å². The van der Waals surface area contributed by atoms with Gasteiger partial charge in [0.25, 0.3) is 0 Å². The predicted molar refractivity (Wildman–Crippen MR) is 79.2 cm³/mol. The van der Waals surface area contributed by atoms with Gasteiger partial charge in [-0.3, -0.25) is 0 Å². The summed E-state index contributed by atoms with van der Waals surface area (Å²) in [5.74, 6) is 1.52. The van der Waals surface area contributed by atoms with Crippen molar-refractivity contribution < 1.29 is 0 Å². The molecule has 0 aliphatic carbocycles. The van der Waals surface area contributed by atoms with Gasteiger partial charge < -0.3 is 10.6 Å². The molecule has 0 radical (unpaired) electrons. The largest absolute Gasteiger partial charge is 0.383 e. The molecule has 2 N–H and O–H groups in total. The fourth-order valence-electron chi connectivity index (χ4n) is 2.13. The molecule has 1 aromatic carbocycles. The van der Waals surface area contributed by atoms with E-state index in [-0.39, 0.29) is 0 Å². The van der Waals surface area contributed by atoms with Crippen molar-refractivity contribution in [2.75, 3.05) is 24.2 Å². The van der Waals surface area contributed by atoms with Gasteiger partial charge in [0.15, 0.2) is 0 Å². The summed E-state index contributed by atoms with van der Waals surface area (Å²) in [4.78, 5) is 10.6. The minimum atomic E-state index is 0.582. The Hall–Kier alpha value is -2.10. The van der Waals surface area contributed by atoms with Crippen LogP contribution in [0.4, 0.5) is 11.6 Å². The standard InChI is InChI=1S/C15H20N4/c1-3-13-14(16)17-11-18-15(13)19(2)10-9-12-7-5-4-6-8-12/h4-8,11H,3,9-10H2,1-2H3,(H2,16,17,18). The Morgan fingerprint density at radius 1 is 1.16 bits per heavy atom. The molecular formula is C15H20N4. The Kier molecular flexibility index (Phi) is 4.34. The first-order chi connectivity index (χ1) is 9.22. The van der Waals surface area contributed by atoms with E-state index in [1.54, 1.807) is 0 Å². The van der Waals surface area contributed by atoms with Gasteiger partial charge in [-0.05, 0) is 18.4 Å². The third-order valence-corrected chi connectivity index (χ3v) is 3.25. The fraction of sp³-hybridized carbons (Fsp3) is 0.333. The van der Waals surface area contributed by atoms with E-state index in [2.05, 4.69) is 46.1 Å². The van der Waals surface area contributed by atoms with E-state index in [0.717, 1.165) is 30.8 Å². The van der Waals surface area contributed by atoms with Crippen molar-refractivity contribution in [3.63, 3.8) is 0 Å². The minimum Gasteiger partial charge on any atom is -0.383 e. The molecule has 0 spiro atoms. The van der Waals surface area contributed by atoms with Gasteiger partial charge in [0.1, 0.15) is 18.0 Å². The van der Waals surface area contributed by atoms with Gasteiger partial charge in [0, 0.05) is 19.2 Å². The molecule has 19 heavy (non-hydrogen) atoms. The second-order valence-electron chi connectivity index (χ2n) is 4.57. The van der Waals surface area contributed by atoms with Gasteiger partial charge in [-0.1, -0.05) is 37.3 Å². The predicted octanol–water partition coefficient (Wildman–Crippen LogP) is 2.30. The molecule has 1 heterocycles. The molecule has 100 valence electrons. The van der Waals surface area contributed by atoms with Crippen molar-refractivity contribution in [3.8, 4) is 0 Å². The van der Waals surface area contributed by atoms with Crippen LogP contribution in [0.15, 0.2) is 36.7 Å². The molecular weight excluding hydrogens is 236 g/mol. The van der Waals surface area contributed by atoms with Crippen LogP contribution in [0.1, 0.15) is 18.1 Å². The topological polar surface area (TPSA) is 55.0 Å². The van der Waals surface area contributed by atoms with Crippen molar-refractivity contribution in [1.82, 2.24) is 9.97 Å². The number of nitrogens with zero attached hydrogens (tertiary/aromatic N) is 3. The van der Waals surface area contributed by atoms with Crippen LogP contribution >= 0.6 is 0 Å². The molecule has 0 bridgehead atoms. The Balaban J connectivity index is 2.08. The highest BCUT2D eigenvalue weighted by atomic mass is 15.2. The summed E-state index contributed by atoms with van der Waals surface area (Å²) in [7, 11) is 2.05. The van der Waals surface area contributed by atoms with E-state index in [0.29, 0.717) is 5.82 Å². The molecule has 2 rings (SSSR count). The molecule has 0 amide bonds. The maximum Gasteiger partial charge on any atom is 0.137 e. The van der Waals surface area contributed by atoms with E-state index >= 15 is 0 Å². The van der Waals surface area contributed by atoms with Crippen LogP contribution in [0.3, 0.4) is 0 Å². The third kappa shape index (κ3) is 3.22. The van der Waals surface area contributed by atoms with Crippen LogP contribution in [0, 0.1) is 0 Å². The Bertz CT molecular complexity index is 525. The monoisotopic (exact) mass is 256 g/mol. The molecule has 0 aliphatic heterocycles. The fourth-order valence-corrected chi connectivity index (χ4v) is 2.13. The number of hydrogen-bond acceptors (Lipinski definition) is 4. The Morgan fingerprint density at radius 3 is 2.58 bits per heavy atom. The van der Waals surface area contributed by atoms with Crippen molar-refractivity contribution in [3.05, 3.63) is 47.8 Å². The van der Waals surface area contributed by atoms with Crippen LogP contribution in [0.5, 0.6) is 0 Å². The first kappa shape index (κ1) is 13.3. The zero-order chi connectivity index (χ0) is 13.7. The maximum atomic E-state index is 5.90. The molecule has 0 saturated carbocycles. The summed E-state index contributed by atoms with van der Waals surface area (Å²) in [5.41, 5.74) is 8.25. The lowest BCUT2D eigenvalue weighted by molar-refractivity contribution is 0.844. The van der Waals surface area contributed by atoms with E-state index in [1.807, 2.05) is 13.1 Å². The van der Waals surface area contributed by atoms with E-state index in [9.17, 15) is 0 Å². The van der Waals surface area contributed by atoms with E-state index in [4.69, 9.17) is 5.73 Å². The van der Waals surface area contributed by atoms with Crippen molar-refractivity contribution in [2.24, 2.45) is 0 Å². The first-order valence-corrected chi connectivity index (χ1v) is 6.56. The van der Waals surface area contributed by atoms with Gasteiger partial charge in [-0.25, -0.2) is 9.97 Å². The number of rotatable bonds is 5. The van der Waals surface area contributed by atoms with Crippen molar-refractivity contribution in [2.45, 2.75) is 19.8 Å². The number of hydrogen-bond donors (Lipinski definition) is 1. The van der Waals surface area contributed by atoms with Crippen LogP contribution in [0.25, 0.3) is 0 Å². The second kappa shape index (κ2) is 6.18. The minimum absolute atomic E-state index is 0.582. The molecule has 0 unspecified atom stereocenters. The molecule has 0 saturated heterocycles. The van der Waals surface area contributed by atoms with Crippen LogP contribution in [-0.4, -0.2) is 23.6 Å². The summed E-state index contributed by atoms with van der Waals surface area (Å²) in [6, 6.07) is 10.4. The van der Waals surface area contributed by atoms with Gasteiger partial charge in [0.2, 0.25) is 0 Å². The van der Waals surface area contributed by atoms with Gasteiger partial charge >= 0.3 is 0 Å². The van der Waals surface area contributed by atoms with Gasteiger partial charge in [0.05, 0.1) is 0 Å². The maximum absolute atomic E-state index is 5.90. The van der Waals surface area contributed by atoms with Crippen molar-refractivity contribution >= 4 is 11.6 Å². The number of nitrogens with two attached hydrogens (primary N) is 1. The summed E-state index contributed by atoms with van der Waals surface area (Å²) in [6.07, 6.45) is 3.37. The lowest BCUT2D eigenvalue weighted by Gasteiger charge is -2.21. The third-order valence-electron chi connectivity index (χ3n) is 3.25. The number of nitrogen functional groups attached to an aromatic ring is 1. The molecule has 4 nitrogen and oxygen atoms in total. The average Bonchev–Trinajstić information content (AvgIpc) is 2.45. The lowest BCUT2D eigenvalue weighted by atomic mass is 10.1. The molecule has 2 aromatic rings. The summed E-state index contributed by atoms with van der Waals surface area (Å²) < 4.78 is 0. The lowest BCUT2D eigenvalue weighted by Crippen LogP contribution is -2.23. The number of likely N-dealkylation sites (N-methyl/N-ethyl adjacent to an activating group) is 1. The quantitative estimate of drug-likeness (QED) is 0.892. The van der Waals surface area contributed by atoms with Gasteiger partial charge in [-0.2, -0.15) is 0 Å². The first-order valence-electron chi connectivity index (χ1n) is 6.56. The summed E-state index contributed by atoms with van der Waals surface area (Å²) in [5, 5.41) is 0. The summed E-state index contributed by atoms with van der Waals surface area (Å²) >= 11 is 0. The molecule has 0 atom stereocenters. The highest BCUT2D eigenvalue weighted by molar-refractivity contribution is 5.56. The number of benzene rings is 1. The Labute approximate surface area is 114 Å². The second-order valence-corrected chi connectivity index (χ2v) is 4.57. The molecule has 0 fully saturated rings. The zero-order valence-corrected chi connectivity index (χ0v) is 11.5. The summed E-state index contributed by atoms with van der Waals surface area (Å²) in [6.45, 7) is 2.98. The molecule has 0 aliphatic rings. The highest BCUT2D eigenvalue weighted by Gasteiger charge is 2.11. The van der Waals surface area contributed by atoms with E-state index in [1.165, 1.54) is 11.9 Å². The zero-order valence-electron chi connectivity index (χ0n) is 11.5. The number of anilines is 2. The SMILES string of the molecule is CCc1c(N)ncnc1N(C)CCc1ccccc1. The van der Waals surface area contributed by atoms with Crippen molar-refractivity contribution in [1.29, 1.82) is 0 Å². The number of aromatic nitrogens is 2. The van der Waals surface area contributed by atoms with Crippen LogP contribution in [0.2, 0.25) is 0 Å².